The maximum Gasteiger partial charge on any atom is 0.243 e. The minimum Gasteiger partial charge on any atom is -0.263 e. The van der Waals surface area contributed by atoms with Gasteiger partial charge in [0.1, 0.15) is 5.82 Å². The van der Waals surface area contributed by atoms with Crippen molar-refractivity contribution in [2.75, 3.05) is 7.05 Å². The Hall–Kier alpha value is -1.73. The number of nitrogens with one attached hydrogen (secondary N) is 1. The molecule has 18 heavy (non-hydrogen) atoms. The van der Waals surface area contributed by atoms with Gasteiger partial charge in [0.2, 0.25) is 10.0 Å². The van der Waals surface area contributed by atoms with E-state index in [4.69, 9.17) is 0 Å². The summed E-state index contributed by atoms with van der Waals surface area (Å²) in [7, 11) is -1.98. The van der Waals surface area contributed by atoms with Crippen molar-refractivity contribution in [3.05, 3.63) is 42.0 Å². The maximum absolute atomic E-state index is 12.2. The van der Waals surface area contributed by atoms with Crippen LogP contribution >= 0.6 is 0 Å². The van der Waals surface area contributed by atoms with Gasteiger partial charge in [-0.05, 0) is 19.1 Å². The van der Waals surface area contributed by atoms with Crippen LogP contribution in [0.5, 0.6) is 0 Å². The van der Waals surface area contributed by atoms with Crippen molar-refractivity contribution in [3.8, 4) is 0 Å². The number of aryl methyl sites for hydroxylation is 1. The zero-order valence-electron chi connectivity index (χ0n) is 10.2. The smallest absolute Gasteiger partial charge is 0.243 e. The van der Waals surface area contributed by atoms with E-state index in [2.05, 4.69) is 15.2 Å². The fourth-order valence-corrected chi connectivity index (χ4v) is 2.66. The van der Waals surface area contributed by atoms with Crippen molar-refractivity contribution >= 4 is 10.0 Å². The molecule has 0 saturated carbocycles. The van der Waals surface area contributed by atoms with Crippen molar-refractivity contribution in [3.63, 3.8) is 0 Å². The highest BCUT2D eigenvalue weighted by atomic mass is 32.2. The number of benzene rings is 1. The van der Waals surface area contributed by atoms with E-state index in [0.29, 0.717) is 11.6 Å². The molecule has 0 atom stereocenters. The summed E-state index contributed by atoms with van der Waals surface area (Å²) in [6.45, 7) is 1.91. The zero-order chi connectivity index (χ0) is 13.2. The molecule has 0 fully saturated rings. The standard InChI is InChI=1S/C11H14N4O2S/c1-9-12-11(14-13-9)8-15(2)18(16,17)10-6-4-3-5-7-10/h3-7H,8H2,1-2H3,(H,12,13,14). The summed E-state index contributed by atoms with van der Waals surface area (Å²) in [6, 6.07) is 8.29. The minimum absolute atomic E-state index is 0.140. The number of hydrogen-bond acceptors (Lipinski definition) is 4. The number of nitrogens with zero attached hydrogens (tertiary/aromatic N) is 3. The predicted molar refractivity (Wildman–Crippen MR) is 66.2 cm³/mol. The Morgan fingerprint density at radius 2 is 1.94 bits per heavy atom. The molecule has 0 spiro atoms. The third kappa shape index (κ3) is 2.57. The first-order valence-corrected chi connectivity index (χ1v) is 6.83. The van der Waals surface area contributed by atoms with Gasteiger partial charge in [-0.15, -0.1) is 0 Å². The number of hydrogen-bond donors (Lipinski definition) is 1. The van der Waals surface area contributed by atoms with Crippen LogP contribution in [-0.4, -0.2) is 35.0 Å². The first-order valence-electron chi connectivity index (χ1n) is 5.39. The summed E-state index contributed by atoms with van der Waals surface area (Å²) in [4.78, 5) is 4.35. The van der Waals surface area contributed by atoms with Gasteiger partial charge >= 0.3 is 0 Å². The van der Waals surface area contributed by atoms with Crippen molar-refractivity contribution < 1.29 is 8.42 Å². The fraction of sp³-hybridized carbons (Fsp3) is 0.273. The number of aromatic amines is 1. The molecule has 0 bridgehead atoms. The third-order valence-electron chi connectivity index (χ3n) is 2.46. The first kappa shape index (κ1) is 12.7. The van der Waals surface area contributed by atoms with Crippen LogP contribution in [0.4, 0.5) is 0 Å². The highest BCUT2D eigenvalue weighted by molar-refractivity contribution is 7.89. The fourth-order valence-electron chi connectivity index (χ4n) is 1.52. The summed E-state index contributed by atoms with van der Waals surface area (Å²) < 4.78 is 25.6. The summed E-state index contributed by atoms with van der Waals surface area (Å²) in [5.74, 6) is 1.12. The van der Waals surface area contributed by atoms with Crippen molar-refractivity contribution in [1.82, 2.24) is 19.5 Å². The average molecular weight is 266 g/mol. The van der Waals surface area contributed by atoms with E-state index < -0.39 is 10.0 Å². The number of H-pyrrole nitrogens is 1. The lowest BCUT2D eigenvalue weighted by Crippen LogP contribution is -2.27. The molecule has 0 aliphatic rings. The van der Waals surface area contributed by atoms with Gasteiger partial charge in [-0.25, -0.2) is 13.4 Å². The molecule has 1 aromatic carbocycles. The molecule has 2 rings (SSSR count). The molecular weight excluding hydrogens is 252 g/mol. The first-order chi connectivity index (χ1) is 8.50. The van der Waals surface area contributed by atoms with E-state index >= 15 is 0 Å². The molecule has 6 nitrogen and oxygen atoms in total. The van der Waals surface area contributed by atoms with Gasteiger partial charge < -0.3 is 0 Å². The Morgan fingerprint density at radius 3 is 2.50 bits per heavy atom. The van der Waals surface area contributed by atoms with Crippen molar-refractivity contribution in [1.29, 1.82) is 0 Å². The van der Waals surface area contributed by atoms with E-state index in [1.54, 1.807) is 37.3 Å². The Kier molecular flexibility index (Phi) is 3.44. The Labute approximate surface area is 106 Å². The Balaban J connectivity index is 2.21. The monoisotopic (exact) mass is 266 g/mol. The van der Waals surface area contributed by atoms with Crippen LogP contribution in [0.25, 0.3) is 0 Å². The average Bonchev–Trinajstić information content (AvgIpc) is 2.76. The summed E-state index contributed by atoms with van der Waals surface area (Å²) in [6.07, 6.45) is 0. The van der Waals surface area contributed by atoms with Gasteiger partial charge in [0, 0.05) is 7.05 Å². The molecule has 96 valence electrons. The molecule has 7 heteroatoms. The molecule has 0 saturated heterocycles. The van der Waals surface area contributed by atoms with Crippen LogP contribution in [0.3, 0.4) is 0 Å². The maximum atomic E-state index is 12.2. The largest absolute Gasteiger partial charge is 0.263 e. The molecule has 1 heterocycles. The molecule has 0 amide bonds. The minimum atomic E-state index is -3.49. The summed E-state index contributed by atoms with van der Waals surface area (Å²) in [5, 5.41) is 6.60. The van der Waals surface area contributed by atoms with Gasteiger partial charge in [0.05, 0.1) is 11.4 Å². The lowest BCUT2D eigenvalue weighted by atomic mass is 10.4. The number of aromatic nitrogens is 3. The van der Waals surface area contributed by atoms with Gasteiger partial charge in [-0.3, -0.25) is 5.10 Å². The SMILES string of the molecule is Cc1nc(CN(C)S(=O)(=O)c2ccccc2)n[nH]1. The van der Waals surface area contributed by atoms with Gasteiger partial charge in [0.25, 0.3) is 0 Å². The molecule has 1 aromatic heterocycles. The molecule has 0 radical (unpaired) electrons. The lowest BCUT2D eigenvalue weighted by Gasteiger charge is -2.15. The summed E-state index contributed by atoms with van der Waals surface area (Å²) >= 11 is 0. The van der Waals surface area contributed by atoms with Gasteiger partial charge in [-0.2, -0.15) is 9.40 Å². The highest BCUT2D eigenvalue weighted by Gasteiger charge is 2.21. The topological polar surface area (TPSA) is 79.0 Å². The van der Waals surface area contributed by atoms with Gasteiger partial charge in [-0.1, -0.05) is 18.2 Å². The third-order valence-corrected chi connectivity index (χ3v) is 4.28. The van der Waals surface area contributed by atoms with E-state index in [1.165, 1.54) is 11.4 Å². The second-order valence-electron chi connectivity index (χ2n) is 3.91. The molecule has 2 aromatic rings. The van der Waals surface area contributed by atoms with Crippen molar-refractivity contribution in [2.24, 2.45) is 0 Å². The Bertz CT molecular complexity index is 622. The van der Waals surface area contributed by atoms with Crippen LogP contribution < -0.4 is 0 Å². The lowest BCUT2D eigenvalue weighted by molar-refractivity contribution is 0.457. The second-order valence-corrected chi connectivity index (χ2v) is 5.96. The molecule has 0 aliphatic carbocycles. The van der Waals surface area contributed by atoms with E-state index in [-0.39, 0.29) is 11.4 Å². The molecule has 0 unspecified atom stereocenters. The second kappa shape index (κ2) is 4.87. The van der Waals surface area contributed by atoms with Crippen LogP contribution in [0.1, 0.15) is 11.6 Å². The van der Waals surface area contributed by atoms with Crippen molar-refractivity contribution in [2.45, 2.75) is 18.4 Å². The Morgan fingerprint density at radius 1 is 1.28 bits per heavy atom. The molecular formula is C11H14N4O2S. The van der Waals surface area contributed by atoms with Crippen LogP contribution in [0.2, 0.25) is 0 Å². The molecule has 1 N–H and O–H groups in total. The normalized spacial score (nSPS) is 11.9. The van der Waals surface area contributed by atoms with Crippen LogP contribution in [0.15, 0.2) is 35.2 Å². The number of rotatable bonds is 4. The van der Waals surface area contributed by atoms with Crippen LogP contribution in [-0.2, 0) is 16.6 Å². The van der Waals surface area contributed by atoms with E-state index in [1.807, 2.05) is 0 Å². The molecule has 0 aliphatic heterocycles. The summed E-state index contributed by atoms with van der Waals surface area (Å²) in [5.41, 5.74) is 0. The number of sulfonamides is 1. The quantitative estimate of drug-likeness (QED) is 0.893. The van der Waals surface area contributed by atoms with Gasteiger partial charge in [0.15, 0.2) is 5.82 Å². The highest BCUT2D eigenvalue weighted by Crippen LogP contribution is 2.14. The predicted octanol–water partition coefficient (Wildman–Crippen LogP) is 0.934. The zero-order valence-corrected chi connectivity index (χ0v) is 11.0. The van der Waals surface area contributed by atoms with Crippen LogP contribution in [0, 0.1) is 6.92 Å². The van der Waals surface area contributed by atoms with E-state index in [9.17, 15) is 8.42 Å². The van der Waals surface area contributed by atoms with E-state index in [0.717, 1.165) is 0 Å².